The first-order valence-corrected chi connectivity index (χ1v) is 12.8. The lowest BCUT2D eigenvalue weighted by Gasteiger charge is -2.30. The number of amides is 1. The Bertz CT molecular complexity index is 1550. The summed E-state index contributed by atoms with van der Waals surface area (Å²) in [4.78, 5) is 31.8. The highest BCUT2D eigenvalue weighted by molar-refractivity contribution is 5.73. The maximum atomic E-state index is 13.7. The number of nitrogens with one attached hydrogen (secondary N) is 1. The molecule has 14 heteroatoms. The molecule has 3 aromatic rings. The summed E-state index contributed by atoms with van der Waals surface area (Å²) in [5.41, 5.74) is -2.04. The molecule has 0 bridgehead atoms. The molecule has 1 amide bonds. The molecule has 1 saturated heterocycles. The molecular formula is C29H24F6N4O4. The maximum Gasteiger partial charge on any atom is 0.420 e. The van der Waals surface area contributed by atoms with Crippen molar-refractivity contribution >= 4 is 23.7 Å². The van der Waals surface area contributed by atoms with Crippen LogP contribution in [0, 0.1) is 11.8 Å². The summed E-state index contributed by atoms with van der Waals surface area (Å²) >= 11 is 0. The number of benzene rings is 2. The molecule has 0 atom stereocenters. The van der Waals surface area contributed by atoms with Crippen molar-refractivity contribution < 1.29 is 45.8 Å². The van der Waals surface area contributed by atoms with E-state index in [1.807, 2.05) is 12.1 Å². The number of methoxy groups -OCH3 is 1. The van der Waals surface area contributed by atoms with E-state index in [0.29, 0.717) is 43.9 Å². The van der Waals surface area contributed by atoms with Crippen molar-refractivity contribution in [3.63, 3.8) is 0 Å². The number of rotatable bonds is 5. The van der Waals surface area contributed by atoms with E-state index in [9.17, 15) is 35.9 Å². The third-order valence-corrected chi connectivity index (χ3v) is 6.81. The van der Waals surface area contributed by atoms with Crippen LogP contribution in [-0.2, 0) is 28.3 Å². The largest absolute Gasteiger partial charge is 0.469 e. The molecule has 1 aliphatic heterocycles. The predicted octanol–water partition coefficient (Wildman–Crippen LogP) is 6.23. The number of ether oxygens (including phenoxy) is 1. The normalized spacial score (nSPS) is 14.1. The third-order valence-electron chi connectivity index (χ3n) is 6.81. The molecule has 4 rings (SSSR count). The zero-order valence-corrected chi connectivity index (χ0v) is 22.5. The van der Waals surface area contributed by atoms with Crippen molar-refractivity contribution in [3.05, 3.63) is 82.2 Å². The SMILES string of the molecule is COC(=O)Cc1ccc(C(F)(F)F)cc1C#Cc1nc(Nc2ccc(C3CCN(C(=O)O)CC3)cc2)ncc1C(F)(F)F. The van der Waals surface area contributed by atoms with Gasteiger partial charge in [0.15, 0.2) is 0 Å². The summed E-state index contributed by atoms with van der Waals surface area (Å²) in [7, 11) is 1.08. The van der Waals surface area contributed by atoms with Gasteiger partial charge in [-0.2, -0.15) is 26.3 Å². The summed E-state index contributed by atoms with van der Waals surface area (Å²) < 4.78 is 85.6. The smallest absolute Gasteiger partial charge is 0.420 e. The van der Waals surface area contributed by atoms with Gasteiger partial charge in [0.2, 0.25) is 5.95 Å². The Kier molecular flexibility index (Phi) is 9.13. The predicted molar refractivity (Wildman–Crippen MR) is 141 cm³/mol. The Morgan fingerprint density at radius 2 is 1.70 bits per heavy atom. The first kappa shape index (κ1) is 31.1. The standard InChI is InChI=1S/C29H24F6N4O4/c1-43-25(40)15-20-2-6-21(28(30,31)32)14-19(20)5-9-24-23(29(33,34)35)16-36-26(38-24)37-22-7-3-17(4-8-22)18-10-12-39(13-11-18)27(41)42/h2-4,6-8,14,16,18H,10-13,15H2,1H3,(H,41,42)(H,36,37,38). The Hall–Kier alpha value is -4.80. The number of anilines is 2. The molecule has 0 unspecified atom stereocenters. The lowest BCUT2D eigenvalue weighted by molar-refractivity contribution is -0.140. The van der Waals surface area contributed by atoms with Crippen LogP contribution in [0.1, 0.15) is 52.3 Å². The molecule has 0 saturated carbocycles. The first-order valence-electron chi connectivity index (χ1n) is 12.8. The van der Waals surface area contributed by atoms with E-state index in [4.69, 9.17) is 5.11 Å². The molecule has 1 fully saturated rings. The van der Waals surface area contributed by atoms with Crippen LogP contribution in [0.25, 0.3) is 0 Å². The Labute approximate surface area is 241 Å². The number of carbonyl (C=O) groups excluding carboxylic acids is 1. The van der Waals surface area contributed by atoms with Crippen molar-refractivity contribution in [1.82, 2.24) is 14.9 Å². The summed E-state index contributed by atoms with van der Waals surface area (Å²) in [6.07, 6.45) is -9.26. The quantitative estimate of drug-likeness (QED) is 0.202. The average molecular weight is 607 g/mol. The van der Waals surface area contributed by atoms with Gasteiger partial charge in [0.1, 0.15) is 11.3 Å². The van der Waals surface area contributed by atoms with Crippen LogP contribution in [0.4, 0.5) is 42.8 Å². The van der Waals surface area contributed by atoms with Crippen molar-refractivity contribution in [2.24, 2.45) is 0 Å². The summed E-state index contributed by atoms with van der Waals surface area (Å²) in [5.74, 6) is 3.66. The number of hydrogen-bond acceptors (Lipinski definition) is 6. The topological polar surface area (TPSA) is 105 Å². The average Bonchev–Trinajstić information content (AvgIpc) is 2.96. The van der Waals surface area contributed by atoms with Crippen LogP contribution in [0.5, 0.6) is 0 Å². The van der Waals surface area contributed by atoms with Crippen molar-refractivity contribution in [3.8, 4) is 11.8 Å². The van der Waals surface area contributed by atoms with Crippen LogP contribution >= 0.6 is 0 Å². The number of piperidine rings is 1. The lowest BCUT2D eigenvalue weighted by atomic mass is 9.89. The Morgan fingerprint density at radius 1 is 1.02 bits per heavy atom. The van der Waals surface area contributed by atoms with Gasteiger partial charge in [0.25, 0.3) is 0 Å². The molecule has 43 heavy (non-hydrogen) atoms. The minimum absolute atomic E-state index is 0.0297. The lowest BCUT2D eigenvalue weighted by Crippen LogP contribution is -2.36. The second kappa shape index (κ2) is 12.6. The highest BCUT2D eigenvalue weighted by Crippen LogP contribution is 2.33. The minimum Gasteiger partial charge on any atom is -0.469 e. The van der Waals surface area contributed by atoms with Crippen LogP contribution in [0.15, 0.2) is 48.7 Å². The van der Waals surface area contributed by atoms with E-state index >= 15 is 0 Å². The third kappa shape index (κ3) is 7.94. The van der Waals surface area contributed by atoms with E-state index in [2.05, 4.69) is 31.9 Å². The molecule has 8 nitrogen and oxygen atoms in total. The summed E-state index contributed by atoms with van der Waals surface area (Å²) in [5, 5.41) is 11.9. The molecule has 1 aliphatic rings. The van der Waals surface area contributed by atoms with Crippen LogP contribution < -0.4 is 5.32 Å². The van der Waals surface area contributed by atoms with Gasteiger partial charge >= 0.3 is 24.4 Å². The molecule has 2 heterocycles. The summed E-state index contributed by atoms with van der Waals surface area (Å²) in [6, 6.07) is 9.36. The molecule has 2 N–H and O–H groups in total. The van der Waals surface area contributed by atoms with Gasteiger partial charge in [-0.25, -0.2) is 14.8 Å². The summed E-state index contributed by atoms with van der Waals surface area (Å²) in [6.45, 7) is 0.821. The van der Waals surface area contributed by atoms with Gasteiger partial charge in [-0.1, -0.05) is 24.1 Å². The molecule has 2 aromatic carbocycles. The fourth-order valence-corrected chi connectivity index (χ4v) is 4.49. The van der Waals surface area contributed by atoms with E-state index in [1.54, 1.807) is 12.1 Å². The number of aromatic nitrogens is 2. The fraction of sp³-hybridized carbons (Fsp3) is 0.310. The van der Waals surface area contributed by atoms with Gasteiger partial charge in [0, 0.05) is 30.5 Å². The van der Waals surface area contributed by atoms with Crippen LogP contribution in [-0.4, -0.2) is 52.2 Å². The number of hydrogen-bond donors (Lipinski definition) is 2. The fourth-order valence-electron chi connectivity index (χ4n) is 4.49. The molecule has 0 spiro atoms. The van der Waals surface area contributed by atoms with Gasteiger partial charge in [0.05, 0.1) is 19.1 Å². The number of alkyl halides is 6. The van der Waals surface area contributed by atoms with Gasteiger partial charge in [-0.05, 0) is 60.1 Å². The van der Waals surface area contributed by atoms with E-state index < -0.39 is 47.7 Å². The van der Waals surface area contributed by atoms with Crippen molar-refractivity contribution in [1.29, 1.82) is 0 Å². The van der Waals surface area contributed by atoms with E-state index in [-0.39, 0.29) is 23.0 Å². The number of carbonyl (C=O) groups is 2. The molecule has 1 aromatic heterocycles. The number of esters is 1. The van der Waals surface area contributed by atoms with Crippen LogP contribution in [0.2, 0.25) is 0 Å². The molecule has 0 aliphatic carbocycles. The zero-order valence-electron chi connectivity index (χ0n) is 22.5. The molecule has 0 radical (unpaired) electrons. The molecular weight excluding hydrogens is 582 g/mol. The second-order valence-corrected chi connectivity index (χ2v) is 9.62. The van der Waals surface area contributed by atoms with E-state index in [1.165, 1.54) is 4.90 Å². The Balaban J connectivity index is 1.61. The van der Waals surface area contributed by atoms with Gasteiger partial charge < -0.3 is 20.1 Å². The zero-order chi connectivity index (χ0) is 31.4. The van der Waals surface area contributed by atoms with Crippen LogP contribution in [0.3, 0.4) is 0 Å². The number of carboxylic acid groups (broad SMARTS) is 1. The van der Waals surface area contributed by atoms with E-state index in [0.717, 1.165) is 24.8 Å². The number of likely N-dealkylation sites (tertiary alicyclic amines) is 1. The number of nitrogens with zero attached hydrogens (tertiary/aromatic N) is 3. The second-order valence-electron chi connectivity index (χ2n) is 9.62. The Morgan fingerprint density at radius 3 is 2.28 bits per heavy atom. The monoisotopic (exact) mass is 606 g/mol. The van der Waals surface area contributed by atoms with Crippen molar-refractivity contribution in [2.75, 3.05) is 25.5 Å². The molecule has 226 valence electrons. The van der Waals surface area contributed by atoms with Gasteiger partial charge in [-0.15, -0.1) is 0 Å². The van der Waals surface area contributed by atoms with Gasteiger partial charge in [-0.3, -0.25) is 4.79 Å². The maximum absolute atomic E-state index is 13.7. The number of halogens is 6. The first-order chi connectivity index (χ1) is 20.2. The highest BCUT2D eigenvalue weighted by Gasteiger charge is 2.35. The highest BCUT2D eigenvalue weighted by atomic mass is 19.4. The minimum atomic E-state index is -4.91. The van der Waals surface area contributed by atoms with Crippen molar-refractivity contribution in [2.45, 2.75) is 37.5 Å².